The van der Waals surface area contributed by atoms with Gasteiger partial charge in [-0.2, -0.15) is 5.26 Å². The second-order valence-corrected chi connectivity index (χ2v) is 4.92. The van der Waals surface area contributed by atoms with Crippen molar-refractivity contribution < 1.29 is 35.0 Å². The highest BCUT2D eigenvalue weighted by Crippen LogP contribution is 2.25. The van der Waals surface area contributed by atoms with E-state index in [0.717, 1.165) is 0 Å². The van der Waals surface area contributed by atoms with Crippen molar-refractivity contribution in [2.75, 3.05) is 6.61 Å². The number of nitriles is 1. The van der Waals surface area contributed by atoms with Gasteiger partial charge in [-0.15, -0.1) is 0 Å². The van der Waals surface area contributed by atoms with Gasteiger partial charge in [-0.05, 0) is 17.7 Å². The van der Waals surface area contributed by atoms with Crippen LogP contribution < -0.4 is 4.74 Å². The van der Waals surface area contributed by atoms with Crippen LogP contribution in [0, 0.1) is 11.3 Å². The Kier molecular flexibility index (Phi) is 5.31. The fourth-order valence-electron chi connectivity index (χ4n) is 2.10. The quantitative estimate of drug-likeness (QED) is 0.419. The minimum atomic E-state index is -1.52. The Morgan fingerprint density at radius 1 is 1.14 bits per heavy atom. The maximum Gasteiger partial charge on any atom is 0.229 e. The zero-order chi connectivity index (χ0) is 16.3. The maximum absolute atomic E-state index is 9.84. The highest BCUT2D eigenvalue weighted by molar-refractivity contribution is 5.30. The molecule has 0 amide bonds. The molecular weight excluding hydrogens is 294 g/mol. The van der Waals surface area contributed by atoms with Gasteiger partial charge < -0.3 is 35.0 Å². The zero-order valence-corrected chi connectivity index (χ0v) is 11.5. The van der Waals surface area contributed by atoms with Crippen LogP contribution in [0.2, 0.25) is 0 Å². The third-order valence-electron chi connectivity index (χ3n) is 3.42. The molecule has 22 heavy (non-hydrogen) atoms. The average Bonchev–Trinajstić information content (AvgIpc) is 2.55. The van der Waals surface area contributed by atoms with E-state index >= 15 is 0 Å². The minimum Gasteiger partial charge on any atom is -0.462 e. The SMILES string of the molecule is N#C[C@@H](O)c1ccc(O[C@@H]2O[C@H](CO)[C@H](O)[C@H](O)[C@H]2O)cc1. The van der Waals surface area contributed by atoms with Gasteiger partial charge in [-0.3, -0.25) is 0 Å². The summed E-state index contributed by atoms with van der Waals surface area (Å²) in [7, 11) is 0. The largest absolute Gasteiger partial charge is 0.462 e. The minimum absolute atomic E-state index is 0.262. The summed E-state index contributed by atoms with van der Waals surface area (Å²) >= 11 is 0. The third-order valence-corrected chi connectivity index (χ3v) is 3.42. The molecule has 0 unspecified atom stereocenters. The average molecular weight is 311 g/mol. The molecule has 0 radical (unpaired) electrons. The molecule has 1 aliphatic heterocycles. The summed E-state index contributed by atoms with van der Waals surface area (Å²) < 4.78 is 10.6. The third kappa shape index (κ3) is 3.36. The van der Waals surface area contributed by atoms with Crippen LogP contribution in [0.5, 0.6) is 5.75 Å². The van der Waals surface area contributed by atoms with E-state index in [4.69, 9.17) is 19.8 Å². The van der Waals surface area contributed by atoms with Crippen molar-refractivity contribution in [3.05, 3.63) is 29.8 Å². The zero-order valence-electron chi connectivity index (χ0n) is 11.5. The van der Waals surface area contributed by atoms with Gasteiger partial charge >= 0.3 is 0 Å². The lowest BCUT2D eigenvalue weighted by atomic mass is 9.99. The lowest BCUT2D eigenvalue weighted by molar-refractivity contribution is -0.277. The van der Waals surface area contributed by atoms with Crippen LogP contribution in [0.15, 0.2) is 24.3 Å². The van der Waals surface area contributed by atoms with E-state index in [-0.39, 0.29) is 5.75 Å². The van der Waals surface area contributed by atoms with E-state index < -0.39 is 43.4 Å². The first-order valence-electron chi connectivity index (χ1n) is 6.62. The first kappa shape index (κ1) is 16.6. The van der Waals surface area contributed by atoms with Crippen molar-refractivity contribution in [1.29, 1.82) is 5.26 Å². The van der Waals surface area contributed by atoms with Crippen LogP contribution >= 0.6 is 0 Å². The molecule has 1 aliphatic rings. The van der Waals surface area contributed by atoms with Crippen molar-refractivity contribution in [3.63, 3.8) is 0 Å². The predicted molar refractivity (Wildman–Crippen MR) is 71.4 cm³/mol. The Balaban J connectivity index is 2.07. The summed E-state index contributed by atoms with van der Waals surface area (Å²) in [5, 5.41) is 56.2. The van der Waals surface area contributed by atoms with Gasteiger partial charge in [0.1, 0.15) is 30.2 Å². The van der Waals surface area contributed by atoms with Crippen LogP contribution in [-0.4, -0.2) is 62.8 Å². The van der Waals surface area contributed by atoms with E-state index in [1.54, 1.807) is 6.07 Å². The van der Waals surface area contributed by atoms with E-state index in [0.29, 0.717) is 5.56 Å². The summed E-state index contributed by atoms with van der Waals surface area (Å²) in [6.45, 7) is -0.544. The van der Waals surface area contributed by atoms with Gasteiger partial charge in [0.05, 0.1) is 12.7 Å². The summed E-state index contributed by atoms with van der Waals surface area (Å²) in [5.74, 6) is 0.262. The Labute approximate surface area is 126 Å². The first-order valence-corrected chi connectivity index (χ1v) is 6.62. The van der Waals surface area contributed by atoms with Crippen molar-refractivity contribution in [2.24, 2.45) is 0 Å². The molecule has 2 rings (SSSR count). The lowest BCUT2D eigenvalue weighted by Crippen LogP contribution is -2.60. The molecule has 1 heterocycles. The maximum atomic E-state index is 9.84. The number of nitrogens with zero attached hydrogens (tertiary/aromatic N) is 1. The monoisotopic (exact) mass is 311 g/mol. The molecule has 0 bridgehead atoms. The van der Waals surface area contributed by atoms with Crippen LogP contribution in [0.25, 0.3) is 0 Å². The molecule has 8 nitrogen and oxygen atoms in total. The molecule has 8 heteroatoms. The molecule has 1 aromatic carbocycles. The Morgan fingerprint density at radius 2 is 1.77 bits per heavy atom. The molecule has 0 aromatic heterocycles. The fraction of sp³-hybridized carbons (Fsp3) is 0.500. The molecule has 6 atom stereocenters. The molecule has 120 valence electrons. The van der Waals surface area contributed by atoms with Crippen molar-refractivity contribution in [2.45, 2.75) is 36.8 Å². The standard InChI is InChI=1S/C14H17NO7/c15-5-9(17)7-1-3-8(4-2-7)21-14-13(20)12(19)11(18)10(6-16)22-14/h1-4,9-14,16-20H,6H2/t9-,10-,11+,12+,13-,14-/m1/s1. The summed E-state index contributed by atoms with van der Waals surface area (Å²) in [6, 6.07) is 7.52. The number of aliphatic hydroxyl groups excluding tert-OH is 5. The summed E-state index contributed by atoms with van der Waals surface area (Å²) in [4.78, 5) is 0. The van der Waals surface area contributed by atoms with Gasteiger partial charge in [0, 0.05) is 0 Å². The summed E-state index contributed by atoms with van der Waals surface area (Å²) in [6.07, 6.45) is -8.04. The van der Waals surface area contributed by atoms with E-state index in [2.05, 4.69) is 0 Å². The highest BCUT2D eigenvalue weighted by Gasteiger charge is 2.44. The van der Waals surface area contributed by atoms with Crippen LogP contribution in [0.4, 0.5) is 0 Å². The number of rotatable bonds is 4. The second-order valence-electron chi connectivity index (χ2n) is 4.92. The Morgan fingerprint density at radius 3 is 2.32 bits per heavy atom. The van der Waals surface area contributed by atoms with Crippen molar-refractivity contribution in [1.82, 2.24) is 0 Å². The molecule has 0 spiro atoms. The Bertz CT molecular complexity index is 527. The first-order chi connectivity index (χ1) is 10.5. The second kappa shape index (κ2) is 7.02. The number of ether oxygens (including phenoxy) is 2. The van der Waals surface area contributed by atoms with Crippen molar-refractivity contribution >= 4 is 0 Å². The molecular formula is C14H17NO7. The Hall–Kier alpha value is -1.73. The number of aliphatic hydroxyl groups is 5. The van der Waals surface area contributed by atoms with Gasteiger partial charge in [0.2, 0.25) is 6.29 Å². The van der Waals surface area contributed by atoms with Gasteiger partial charge in [-0.1, -0.05) is 12.1 Å². The normalized spacial score (nSPS) is 33.0. The number of benzene rings is 1. The molecule has 5 N–H and O–H groups in total. The smallest absolute Gasteiger partial charge is 0.229 e. The molecule has 0 saturated carbocycles. The molecule has 1 saturated heterocycles. The van der Waals surface area contributed by atoms with E-state index in [1.165, 1.54) is 24.3 Å². The number of hydrogen-bond acceptors (Lipinski definition) is 8. The van der Waals surface area contributed by atoms with Crippen molar-refractivity contribution in [3.8, 4) is 11.8 Å². The number of hydrogen-bond donors (Lipinski definition) is 5. The fourth-order valence-corrected chi connectivity index (χ4v) is 2.10. The van der Waals surface area contributed by atoms with Gasteiger partial charge in [0.15, 0.2) is 6.10 Å². The van der Waals surface area contributed by atoms with Gasteiger partial charge in [-0.25, -0.2) is 0 Å². The lowest BCUT2D eigenvalue weighted by Gasteiger charge is -2.39. The van der Waals surface area contributed by atoms with E-state index in [9.17, 15) is 20.4 Å². The highest BCUT2D eigenvalue weighted by atomic mass is 16.7. The van der Waals surface area contributed by atoms with Crippen LogP contribution in [0.3, 0.4) is 0 Å². The predicted octanol–water partition coefficient (Wildman–Crippen LogP) is -1.58. The summed E-state index contributed by atoms with van der Waals surface area (Å²) in [5.41, 5.74) is 0.378. The molecule has 1 aromatic rings. The van der Waals surface area contributed by atoms with Crippen LogP contribution in [-0.2, 0) is 4.74 Å². The van der Waals surface area contributed by atoms with Gasteiger partial charge in [0.25, 0.3) is 0 Å². The molecule has 0 aliphatic carbocycles. The van der Waals surface area contributed by atoms with Crippen LogP contribution in [0.1, 0.15) is 11.7 Å². The topological polar surface area (TPSA) is 143 Å². The molecule has 1 fully saturated rings. The van der Waals surface area contributed by atoms with E-state index in [1.807, 2.05) is 0 Å².